The van der Waals surface area contributed by atoms with Crippen molar-refractivity contribution in [2.75, 3.05) is 31.1 Å². The molecule has 1 saturated heterocycles. The molecular formula is C20H20N4O3. The minimum atomic E-state index is -0.357. The standard InChI is InChI=1S/C20H20N4O3/c25-20(13-15-14-21-17-6-2-1-5-16(15)17)23-11-9-22(10-12-23)18-7-3-4-8-19(18)24(26)27/h1-8,14,21H,9-13H2. The van der Waals surface area contributed by atoms with Crippen molar-refractivity contribution in [3.8, 4) is 0 Å². The van der Waals surface area contributed by atoms with E-state index in [9.17, 15) is 14.9 Å². The van der Waals surface area contributed by atoms with Crippen LogP contribution in [0.2, 0.25) is 0 Å². The minimum Gasteiger partial charge on any atom is -0.362 e. The zero-order chi connectivity index (χ0) is 18.8. The fourth-order valence-electron chi connectivity index (χ4n) is 3.64. The number of anilines is 1. The van der Waals surface area contributed by atoms with Gasteiger partial charge in [0, 0.05) is 49.3 Å². The van der Waals surface area contributed by atoms with Gasteiger partial charge in [-0.1, -0.05) is 30.3 Å². The van der Waals surface area contributed by atoms with Gasteiger partial charge in [-0.3, -0.25) is 14.9 Å². The molecule has 2 aromatic carbocycles. The number of nitrogens with zero attached hydrogens (tertiary/aromatic N) is 3. The number of para-hydroxylation sites is 3. The number of carbonyl (C=O) groups is 1. The Morgan fingerprint density at radius 2 is 1.74 bits per heavy atom. The highest BCUT2D eigenvalue weighted by Crippen LogP contribution is 2.28. The van der Waals surface area contributed by atoms with Gasteiger partial charge in [-0.15, -0.1) is 0 Å². The molecule has 7 heteroatoms. The molecule has 4 rings (SSSR count). The summed E-state index contributed by atoms with van der Waals surface area (Å²) in [5.41, 5.74) is 2.75. The number of hydrogen-bond donors (Lipinski definition) is 1. The Balaban J connectivity index is 1.42. The van der Waals surface area contributed by atoms with Crippen LogP contribution in [-0.4, -0.2) is 46.9 Å². The number of nitrogens with one attached hydrogen (secondary N) is 1. The van der Waals surface area contributed by atoms with Gasteiger partial charge in [0.25, 0.3) is 5.69 Å². The summed E-state index contributed by atoms with van der Waals surface area (Å²) >= 11 is 0. The van der Waals surface area contributed by atoms with E-state index in [4.69, 9.17) is 0 Å². The number of carbonyl (C=O) groups excluding carboxylic acids is 1. The first-order valence-electron chi connectivity index (χ1n) is 8.94. The highest BCUT2D eigenvalue weighted by atomic mass is 16.6. The molecular weight excluding hydrogens is 344 g/mol. The number of nitro groups is 1. The van der Waals surface area contributed by atoms with Crippen LogP contribution in [0.5, 0.6) is 0 Å². The SMILES string of the molecule is O=C(Cc1c[nH]c2ccccc12)N1CCN(c2ccccc2[N+](=O)[O-])CC1. The lowest BCUT2D eigenvalue weighted by atomic mass is 10.1. The van der Waals surface area contributed by atoms with E-state index in [-0.39, 0.29) is 16.5 Å². The van der Waals surface area contributed by atoms with Crippen LogP contribution in [0.15, 0.2) is 54.7 Å². The minimum absolute atomic E-state index is 0.0852. The molecule has 27 heavy (non-hydrogen) atoms. The highest BCUT2D eigenvalue weighted by Gasteiger charge is 2.25. The quantitative estimate of drug-likeness (QED) is 0.570. The van der Waals surface area contributed by atoms with Gasteiger partial charge in [0.05, 0.1) is 11.3 Å². The van der Waals surface area contributed by atoms with Gasteiger partial charge in [0.1, 0.15) is 5.69 Å². The molecule has 1 fully saturated rings. The predicted octanol–water partition coefficient (Wildman–Crippen LogP) is 2.97. The van der Waals surface area contributed by atoms with E-state index in [2.05, 4.69) is 4.98 Å². The van der Waals surface area contributed by atoms with Crippen LogP contribution in [0.25, 0.3) is 10.9 Å². The molecule has 0 unspecified atom stereocenters. The number of fused-ring (bicyclic) bond motifs is 1. The molecule has 0 bridgehead atoms. The number of rotatable bonds is 4. The Kier molecular flexibility index (Phi) is 4.50. The molecule has 138 valence electrons. The van der Waals surface area contributed by atoms with Gasteiger partial charge in [-0.05, 0) is 17.7 Å². The molecule has 0 spiro atoms. The summed E-state index contributed by atoms with van der Waals surface area (Å²) in [6.07, 6.45) is 2.25. The average molecular weight is 364 g/mol. The van der Waals surface area contributed by atoms with Crippen LogP contribution in [-0.2, 0) is 11.2 Å². The van der Waals surface area contributed by atoms with Crippen molar-refractivity contribution in [2.45, 2.75) is 6.42 Å². The Bertz CT molecular complexity index is 990. The zero-order valence-electron chi connectivity index (χ0n) is 14.8. The van der Waals surface area contributed by atoms with E-state index in [0.29, 0.717) is 38.3 Å². The summed E-state index contributed by atoms with van der Waals surface area (Å²) in [7, 11) is 0. The normalized spacial score (nSPS) is 14.5. The van der Waals surface area contributed by atoms with Crippen molar-refractivity contribution in [1.82, 2.24) is 9.88 Å². The van der Waals surface area contributed by atoms with Crippen molar-refractivity contribution >= 4 is 28.2 Å². The molecule has 3 aromatic rings. The maximum atomic E-state index is 12.7. The Labute approximate surface area is 156 Å². The first-order valence-corrected chi connectivity index (χ1v) is 8.94. The maximum Gasteiger partial charge on any atom is 0.292 e. The molecule has 1 aliphatic heterocycles. The second-order valence-corrected chi connectivity index (χ2v) is 6.65. The maximum absolute atomic E-state index is 12.7. The van der Waals surface area contributed by atoms with E-state index in [1.807, 2.05) is 40.3 Å². The first-order chi connectivity index (χ1) is 13.1. The molecule has 0 aliphatic carbocycles. The van der Waals surface area contributed by atoms with Crippen LogP contribution in [0.4, 0.5) is 11.4 Å². The molecule has 2 heterocycles. The van der Waals surface area contributed by atoms with Crippen LogP contribution < -0.4 is 4.90 Å². The lowest BCUT2D eigenvalue weighted by Crippen LogP contribution is -2.49. The van der Waals surface area contributed by atoms with Crippen LogP contribution in [0.3, 0.4) is 0 Å². The van der Waals surface area contributed by atoms with Gasteiger partial charge in [-0.25, -0.2) is 0 Å². The van der Waals surface area contributed by atoms with E-state index in [1.165, 1.54) is 6.07 Å². The molecule has 1 amide bonds. The third-order valence-electron chi connectivity index (χ3n) is 5.07. The molecule has 1 aromatic heterocycles. The molecule has 7 nitrogen and oxygen atoms in total. The van der Waals surface area contributed by atoms with E-state index in [0.717, 1.165) is 16.5 Å². The van der Waals surface area contributed by atoms with E-state index in [1.54, 1.807) is 18.2 Å². The van der Waals surface area contributed by atoms with Crippen molar-refractivity contribution < 1.29 is 9.72 Å². The number of aromatic amines is 1. The largest absolute Gasteiger partial charge is 0.362 e. The Morgan fingerprint density at radius 3 is 2.52 bits per heavy atom. The number of H-pyrrole nitrogens is 1. The zero-order valence-corrected chi connectivity index (χ0v) is 14.8. The lowest BCUT2D eigenvalue weighted by Gasteiger charge is -2.35. The van der Waals surface area contributed by atoms with Gasteiger partial charge < -0.3 is 14.8 Å². The number of amides is 1. The van der Waals surface area contributed by atoms with Crippen molar-refractivity contribution in [2.24, 2.45) is 0 Å². The Hall–Kier alpha value is -3.35. The van der Waals surface area contributed by atoms with Gasteiger partial charge in [0.2, 0.25) is 5.91 Å². The summed E-state index contributed by atoms with van der Waals surface area (Å²) in [5, 5.41) is 12.3. The molecule has 1 N–H and O–H groups in total. The summed E-state index contributed by atoms with van der Waals surface area (Å²) < 4.78 is 0. The summed E-state index contributed by atoms with van der Waals surface area (Å²) in [5.74, 6) is 0.0852. The topological polar surface area (TPSA) is 82.5 Å². The summed E-state index contributed by atoms with van der Waals surface area (Å²) in [6, 6.07) is 14.7. The predicted molar refractivity (Wildman–Crippen MR) is 104 cm³/mol. The van der Waals surface area contributed by atoms with E-state index >= 15 is 0 Å². The summed E-state index contributed by atoms with van der Waals surface area (Å²) in [4.78, 5) is 30.6. The first kappa shape index (κ1) is 17.1. The molecule has 0 atom stereocenters. The number of aromatic nitrogens is 1. The van der Waals surface area contributed by atoms with Crippen molar-refractivity contribution in [3.05, 3.63) is 70.4 Å². The Morgan fingerprint density at radius 1 is 1.04 bits per heavy atom. The number of nitro benzene ring substituents is 1. The number of hydrogen-bond acceptors (Lipinski definition) is 4. The van der Waals surface area contributed by atoms with Gasteiger partial charge in [-0.2, -0.15) is 0 Å². The van der Waals surface area contributed by atoms with E-state index < -0.39 is 0 Å². The van der Waals surface area contributed by atoms with Crippen LogP contribution >= 0.6 is 0 Å². The summed E-state index contributed by atoms with van der Waals surface area (Å²) in [6.45, 7) is 2.30. The molecule has 1 aliphatic rings. The lowest BCUT2D eigenvalue weighted by molar-refractivity contribution is -0.384. The monoisotopic (exact) mass is 364 g/mol. The fraction of sp³-hybridized carbons (Fsp3) is 0.250. The number of piperazine rings is 1. The second-order valence-electron chi connectivity index (χ2n) is 6.65. The molecule has 0 saturated carbocycles. The fourth-order valence-corrected chi connectivity index (χ4v) is 3.64. The van der Waals surface area contributed by atoms with Crippen molar-refractivity contribution in [3.63, 3.8) is 0 Å². The highest BCUT2D eigenvalue weighted by molar-refractivity contribution is 5.89. The van der Waals surface area contributed by atoms with Crippen LogP contribution in [0.1, 0.15) is 5.56 Å². The second kappa shape index (κ2) is 7.11. The average Bonchev–Trinajstić information content (AvgIpc) is 3.11. The third-order valence-corrected chi connectivity index (χ3v) is 5.07. The van der Waals surface area contributed by atoms with Gasteiger partial charge in [0.15, 0.2) is 0 Å². The molecule has 0 radical (unpaired) electrons. The smallest absolute Gasteiger partial charge is 0.292 e. The number of benzene rings is 2. The van der Waals surface area contributed by atoms with Crippen molar-refractivity contribution in [1.29, 1.82) is 0 Å². The third kappa shape index (κ3) is 3.36. The van der Waals surface area contributed by atoms with Gasteiger partial charge >= 0.3 is 0 Å². The van der Waals surface area contributed by atoms with Crippen LogP contribution in [0, 0.1) is 10.1 Å².